The molecule has 0 bridgehead atoms. The van der Waals surface area contributed by atoms with Crippen molar-refractivity contribution in [3.05, 3.63) is 83.7 Å². The first-order valence-corrected chi connectivity index (χ1v) is 11.7. The third kappa shape index (κ3) is 4.93. The molecule has 1 fully saturated rings. The van der Waals surface area contributed by atoms with E-state index in [4.69, 9.17) is 0 Å². The molecule has 1 aliphatic heterocycles. The molecule has 7 nitrogen and oxygen atoms in total. The van der Waals surface area contributed by atoms with Gasteiger partial charge in [-0.2, -0.15) is 0 Å². The molecule has 0 saturated carbocycles. The van der Waals surface area contributed by atoms with Gasteiger partial charge in [0.1, 0.15) is 22.3 Å². The van der Waals surface area contributed by atoms with Gasteiger partial charge in [-0.05, 0) is 60.7 Å². The van der Waals surface area contributed by atoms with Crippen molar-refractivity contribution in [1.82, 2.24) is 0 Å². The van der Waals surface area contributed by atoms with Gasteiger partial charge in [0, 0.05) is 37.6 Å². The number of rotatable bonds is 6. The second-order valence-electron chi connectivity index (χ2n) is 7.67. The highest BCUT2D eigenvalue weighted by atomic mass is 32.2. The van der Waals surface area contributed by atoms with Gasteiger partial charge < -0.3 is 14.9 Å². The maximum atomic E-state index is 13.9. The Bertz CT molecular complexity index is 1330. The lowest BCUT2D eigenvalue weighted by molar-refractivity contribution is 0.0697. The van der Waals surface area contributed by atoms with E-state index in [1.807, 2.05) is 9.80 Å². The van der Waals surface area contributed by atoms with Gasteiger partial charge in [-0.25, -0.2) is 26.4 Å². The summed E-state index contributed by atoms with van der Waals surface area (Å²) in [6.07, 6.45) is 0. The SMILES string of the molecule is O=C(O)c1cc(NS(=O)(=O)c2cc(F)ccc2F)ccc1N1CCN(c2ccc(F)cc2)CC1. The van der Waals surface area contributed by atoms with Crippen LogP contribution in [0.2, 0.25) is 0 Å². The largest absolute Gasteiger partial charge is 0.478 e. The molecule has 0 atom stereocenters. The van der Waals surface area contributed by atoms with E-state index in [9.17, 15) is 31.5 Å². The van der Waals surface area contributed by atoms with Gasteiger partial charge in [-0.15, -0.1) is 0 Å². The Kier molecular flexibility index (Phi) is 6.38. The van der Waals surface area contributed by atoms with Crippen molar-refractivity contribution in [3.63, 3.8) is 0 Å². The van der Waals surface area contributed by atoms with E-state index in [1.54, 1.807) is 12.1 Å². The van der Waals surface area contributed by atoms with Gasteiger partial charge in [0.25, 0.3) is 10.0 Å². The summed E-state index contributed by atoms with van der Waals surface area (Å²) in [4.78, 5) is 14.9. The van der Waals surface area contributed by atoms with Crippen LogP contribution in [0.25, 0.3) is 0 Å². The van der Waals surface area contributed by atoms with Crippen LogP contribution in [0.1, 0.15) is 10.4 Å². The molecule has 0 amide bonds. The molecule has 0 unspecified atom stereocenters. The van der Waals surface area contributed by atoms with Gasteiger partial charge in [-0.1, -0.05) is 0 Å². The Balaban J connectivity index is 1.54. The molecule has 0 spiro atoms. The minimum Gasteiger partial charge on any atom is -0.478 e. The van der Waals surface area contributed by atoms with Crippen molar-refractivity contribution in [3.8, 4) is 0 Å². The van der Waals surface area contributed by atoms with Crippen LogP contribution < -0.4 is 14.5 Å². The Morgan fingerprint density at radius 1 is 0.824 bits per heavy atom. The van der Waals surface area contributed by atoms with E-state index < -0.39 is 32.5 Å². The normalized spacial score (nSPS) is 14.2. The molecule has 1 saturated heterocycles. The Morgan fingerprint density at radius 2 is 1.44 bits per heavy atom. The number of carbonyl (C=O) groups is 1. The van der Waals surface area contributed by atoms with Gasteiger partial charge in [0.05, 0.1) is 11.3 Å². The molecule has 11 heteroatoms. The van der Waals surface area contributed by atoms with Crippen LogP contribution >= 0.6 is 0 Å². The topological polar surface area (TPSA) is 89.9 Å². The number of carboxylic acid groups (broad SMARTS) is 1. The van der Waals surface area contributed by atoms with E-state index in [1.165, 1.54) is 24.3 Å². The summed E-state index contributed by atoms with van der Waals surface area (Å²) in [7, 11) is -4.49. The van der Waals surface area contributed by atoms with Crippen LogP contribution in [-0.4, -0.2) is 45.7 Å². The number of hydrogen-bond acceptors (Lipinski definition) is 5. The number of hydrogen-bond donors (Lipinski definition) is 2. The smallest absolute Gasteiger partial charge is 0.337 e. The van der Waals surface area contributed by atoms with E-state index in [2.05, 4.69) is 4.72 Å². The summed E-state index contributed by atoms with van der Waals surface area (Å²) in [6.45, 7) is 2.10. The van der Waals surface area contributed by atoms with Crippen molar-refractivity contribution in [2.24, 2.45) is 0 Å². The summed E-state index contributed by atoms with van der Waals surface area (Å²) in [6, 6.07) is 12.1. The van der Waals surface area contributed by atoms with Gasteiger partial charge in [0.2, 0.25) is 0 Å². The fraction of sp³-hybridized carbons (Fsp3) is 0.174. The molecule has 1 aliphatic rings. The highest BCUT2D eigenvalue weighted by Crippen LogP contribution is 2.28. The van der Waals surface area contributed by atoms with Crippen molar-refractivity contribution in [1.29, 1.82) is 0 Å². The van der Waals surface area contributed by atoms with E-state index in [0.29, 0.717) is 44.0 Å². The minimum absolute atomic E-state index is 0.102. The first kappa shape index (κ1) is 23.4. The molecule has 0 radical (unpaired) electrons. The zero-order valence-corrected chi connectivity index (χ0v) is 18.5. The van der Waals surface area contributed by atoms with E-state index >= 15 is 0 Å². The second-order valence-corrected chi connectivity index (χ2v) is 9.32. The predicted octanol–water partition coefficient (Wildman–Crippen LogP) is 3.93. The number of carboxylic acids is 1. The van der Waals surface area contributed by atoms with Crippen molar-refractivity contribution >= 4 is 33.1 Å². The van der Waals surface area contributed by atoms with Crippen LogP contribution in [-0.2, 0) is 10.0 Å². The molecule has 2 N–H and O–H groups in total. The minimum atomic E-state index is -4.49. The Morgan fingerprint density at radius 3 is 2.09 bits per heavy atom. The van der Waals surface area contributed by atoms with E-state index in [0.717, 1.165) is 17.8 Å². The highest BCUT2D eigenvalue weighted by Gasteiger charge is 2.24. The Labute approximate surface area is 194 Å². The molecule has 34 heavy (non-hydrogen) atoms. The van der Waals surface area contributed by atoms with Crippen LogP contribution in [0.4, 0.5) is 30.2 Å². The lowest BCUT2D eigenvalue weighted by atomic mass is 10.1. The standard InChI is InChI=1S/C23H20F3N3O4S/c24-15-1-5-18(6-2-15)28-9-11-29(12-10-28)21-8-4-17(14-19(21)23(30)31)27-34(32,33)22-13-16(25)3-7-20(22)26/h1-8,13-14,27H,9-12H2,(H,30,31). The highest BCUT2D eigenvalue weighted by molar-refractivity contribution is 7.92. The molecule has 178 valence electrons. The summed E-state index contributed by atoms with van der Waals surface area (Å²) < 4.78 is 67.7. The first-order chi connectivity index (χ1) is 16.1. The van der Waals surface area contributed by atoms with Gasteiger partial charge >= 0.3 is 5.97 Å². The fourth-order valence-electron chi connectivity index (χ4n) is 3.80. The predicted molar refractivity (Wildman–Crippen MR) is 121 cm³/mol. The summed E-state index contributed by atoms with van der Waals surface area (Å²) >= 11 is 0. The third-order valence-corrected chi connectivity index (χ3v) is 6.87. The number of nitrogens with zero attached hydrogens (tertiary/aromatic N) is 2. The second kappa shape index (κ2) is 9.26. The summed E-state index contributed by atoms with van der Waals surface area (Å²) in [5.74, 6) is -3.66. The van der Waals surface area contributed by atoms with Crippen molar-refractivity contribution in [2.45, 2.75) is 4.90 Å². The number of piperazine rings is 1. The lowest BCUT2D eigenvalue weighted by Crippen LogP contribution is -2.47. The zero-order chi connectivity index (χ0) is 24.5. The molecular formula is C23H20F3N3O4S. The maximum Gasteiger partial charge on any atom is 0.337 e. The lowest BCUT2D eigenvalue weighted by Gasteiger charge is -2.38. The molecule has 3 aromatic carbocycles. The van der Waals surface area contributed by atoms with Crippen LogP contribution in [0.5, 0.6) is 0 Å². The number of benzene rings is 3. The average molecular weight is 491 g/mol. The molecule has 1 heterocycles. The fourth-order valence-corrected chi connectivity index (χ4v) is 4.94. The summed E-state index contributed by atoms with van der Waals surface area (Å²) in [5, 5.41) is 9.71. The van der Waals surface area contributed by atoms with Crippen LogP contribution in [0, 0.1) is 17.5 Å². The number of aromatic carboxylic acids is 1. The quantitative estimate of drug-likeness (QED) is 0.543. The number of halogens is 3. The van der Waals surface area contributed by atoms with Crippen molar-refractivity contribution < 1.29 is 31.5 Å². The van der Waals surface area contributed by atoms with Crippen LogP contribution in [0.15, 0.2) is 65.6 Å². The third-order valence-electron chi connectivity index (χ3n) is 5.47. The van der Waals surface area contributed by atoms with Crippen LogP contribution in [0.3, 0.4) is 0 Å². The summed E-state index contributed by atoms with van der Waals surface area (Å²) in [5.41, 5.74) is 1.00. The zero-order valence-electron chi connectivity index (χ0n) is 17.7. The number of nitrogens with one attached hydrogen (secondary N) is 1. The van der Waals surface area contributed by atoms with Gasteiger partial charge in [0.15, 0.2) is 0 Å². The molecule has 3 aromatic rings. The Hall–Kier alpha value is -3.73. The molecule has 0 aliphatic carbocycles. The van der Waals surface area contributed by atoms with Gasteiger partial charge in [-0.3, -0.25) is 4.72 Å². The maximum absolute atomic E-state index is 13.9. The molecular weight excluding hydrogens is 471 g/mol. The first-order valence-electron chi connectivity index (χ1n) is 10.2. The average Bonchev–Trinajstić information content (AvgIpc) is 2.81. The monoisotopic (exact) mass is 491 g/mol. The number of sulfonamides is 1. The number of anilines is 3. The van der Waals surface area contributed by atoms with Crippen molar-refractivity contribution in [2.75, 3.05) is 40.7 Å². The molecule has 0 aromatic heterocycles. The molecule has 4 rings (SSSR count). The van der Waals surface area contributed by atoms with E-state index in [-0.39, 0.29) is 17.1 Å².